The molecule has 1 aliphatic rings. The van der Waals surface area contributed by atoms with Gasteiger partial charge in [-0.05, 0) is 56.2 Å². The number of thiazole rings is 1. The van der Waals surface area contributed by atoms with Crippen LogP contribution in [0, 0.1) is 6.92 Å². The molecule has 1 amide bonds. The van der Waals surface area contributed by atoms with E-state index in [1.54, 1.807) is 12.0 Å². The number of hydrogen-bond donors (Lipinski definition) is 0. The summed E-state index contributed by atoms with van der Waals surface area (Å²) in [6.45, 7) is 3.09. The van der Waals surface area contributed by atoms with Crippen LogP contribution in [0.3, 0.4) is 0 Å². The molecule has 1 fully saturated rings. The molecule has 0 radical (unpaired) electrons. The fraction of sp³-hybridized carbons (Fsp3) is 0.292. The Hall–Kier alpha value is -3.03. The molecule has 6 nitrogen and oxygen atoms in total. The summed E-state index contributed by atoms with van der Waals surface area (Å²) in [4.78, 5) is 25.0. The molecule has 0 bridgehead atoms. The minimum Gasteiger partial charge on any atom is -0.497 e. The Kier molecular flexibility index (Phi) is 5.29. The van der Waals surface area contributed by atoms with Crippen molar-refractivity contribution in [2.24, 2.45) is 0 Å². The first-order chi connectivity index (χ1) is 15.1. The highest BCUT2D eigenvalue weighted by Gasteiger charge is 2.28. The van der Waals surface area contributed by atoms with Crippen molar-refractivity contribution in [3.05, 3.63) is 59.8 Å². The average Bonchev–Trinajstić information content (AvgIpc) is 3.45. The number of pyridine rings is 1. The van der Waals surface area contributed by atoms with Crippen LogP contribution in [-0.2, 0) is 4.74 Å². The molecule has 7 heteroatoms. The Morgan fingerprint density at radius 2 is 2.06 bits per heavy atom. The lowest BCUT2D eigenvalue weighted by atomic mass is 10.1. The van der Waals surface area contributed by atoms with Crippen molar-refractivity contribution < 1.29 is 14.3 Å². The number of nitrogens with zero attached hydrogens (tertiary/aromatic N) is 3. The van der Waals surface area contributed by atoms with E-state index in [4.69, 9.17) is 14.5 Å². The normalized spacial score (nSPS) is 16.1. The van der Waals surface area contributed by atoms with Gasteiger partial charge >= 0.3 is 0 Å². The molecule has 0 saturated carbocycles. The molecule has 4 aromatic rings. The number of ether oxygens (including phenoxy) is 2. The number of amides is 1. The van der Waals surface area contributed by atoms with E-state index in [9.17, 15) is 4.79 Å². The summed E-state index contributed by atoms with van der Waals surface area (Å²) in [6, 6.07) is 15.5. The van der Waals surface area contributed by atoms with Crippen LogP contribution in [0.15, 0.2) is 48.5 Å². The Morgan fingerprint density at radius 3 is 2.84 bits per heavy atom. The van der Waals surface area contributed by atoms with Gasteiger partial charge in [-0.2, -0.15) is 0 Å². The van der Waals surface area contributed by atoms with Crippen LogP contribution >= 0.6 is 11.3 Å². The molecule has 1 atom stereocenters. The topological polar surface area (TPSA) is 64.5 Å². The van der Waals surface area contributed by atoms with Crippen molar-refractivity contribution in [2.75, 3.05) is 25.2 Å². The van der Waals surface area contributed by atoms with Gasteiger partial charge in [-0.1, -0.05) is 23.5 Å². The molecule has 0 N–H and O–H groups in total. The lowest BCUT2D eigenvalue weighted by Gasteiger charge is -2.23. The second-order valence-corrected chi connectivity index (χ2v) is 8.70. The number of carbonyl (C=O) groups excluding carboxylic acids is 1. The predicted molar refractivity (Wildman–Crippen MR) is 123 cm³/mol. The number of para-hydroxylation sites is 1. The summed E-state index contributed by atoms with van der Waals surface area (Å²) >= 11 is 1.53. The molecule has 0 aliphatic carbocycles. The van der Waals surface area contributed by atoms with Crippen LogP contribution in [0.2, 0.25) is 0 Å². The number of benzene rings is 2. The summed E-state index contributed by atoms with van der Waals surface area (Å²) < 4.78 is 12.2. The fourth-order valence-corrected chi connectivity index (χ4v) is 4.93. The van der Waals surface area contributed by atoms with Crippen LogP contribution < -0.4 is 9.64 Å². The van der Waals surface area contributed by atoms with Gasteiger partial charge in [0.1, 0.15) is 5.75 Å². The van der Waals surface area contributed by atoms with Gasteiger partial charge in [0.2, 0.25) is 0 Å². The molecule has 1 saturated heterocycles. The molecular formula is C24H23N3O3S. The quantitative estimate of drug-likeness (QED) is 0.444. The van der Waals surface area contributed by atoms with E-state index >= 15 is 0 Å². The number of rotatable bonds is 5. The number of anilines is 1. The lowest BCUT2D eigenvalue weighted by molar-refractivity contribution is 0.0916. The van der Waals surface area contributed by atoms with Gasteiger partial charge in [0.15, 0.2) is 5.13 Å². The van der Waals surface area contributed by atoms with Crippen molar-refractivity contribution >= 4 is 43.5 Å². The lowest BCUT2D eigenvalue weighted by Crippen LogP contribution is -2.38. The maximum absolute atomic E-state index is 13.8. The molecule has 31 heavy (non-hydrogen) atoms. The minimum atomic E-state index is -0.107. The molecule has 1 aliphatic heterocycles. The van der Waals surface area contributed by atoms with E-state index < -0.39 is 0 Å². The molecule has 0 unspecified atom stereocenters. The second kappa shape index (κ2) is 8.24. The van der Waals surface area contributed by atoms with Gasteiger partial charge < -0.3 is 9.47 Å². The van der Waals surface area contributed by atoms with Crippen molar-refractivity contribution in [1.82, 2.24) is 9.97 Å². The van der Waals surface area contributed by atoms with Gasteiger partial charge in [0, 0.05) is 12.0 Å². The molecular weight excluding hydrogens is 410 g/mol. The number of aromatic nitrogens is 2. The van der Waals surface area contributed by atoms with E-state index in [0.717, 1.165) is 46.3 Å². The predicted octanol–water partition coefficient (Wildman–Crippen LogP) is 4.99. The van der Waals surface area contributed by atoms with Crippen LogP contribution in [0.5, 0.6) is 5.75 Å². The molecule has 2 aromatic carbocycles. The Balaban J connectivity index is 1.57. The number of carbonyl (C=O) groups is 1. The van der Waals surface area contributed by atoms with Crippen LogP contribution in [-0.4, -0.2) is 42.2 Å². The molecule has 2 aromatic heterocycles. The zero-order valence-corrected chi connectivity index (χ0v) is 18.3. The number of fused-ring (bicyclic) bond motifs is 2. The average molecular weight is 434 g/mol. The van der Waals surface area contributed by atoms with Gasteiger partial charge in [0.25, 0.3) is 5.91 Å². The highest BCUT2D eigenvalue weighted by Crippen LogP contribution is 2.32. The van der Waals surface area contributed by atoms with E-state index in [2.05, 4.69) is 4.98 Å². The number of methoxy groups -OCH3 is 1. The smallest absolute Gasteiger partial charge is 0.262 e. The molecule has 3 heterocycles. The van der Waals surface area contributed by atoms with Crippen LogP contribution in [0.4, 0.5) is 5.13 Å². The van der Waals surface area contributed by atoms with Crippen LogP contribution in [0.25, 0.3) is 21.1 Å². The first-order valence-corrected chi connectivity index (χ1v) is 11.2. The third kappa shape index (κ3) is 3.86. The Morgan fingerprint density at radius 1 is 1.19 bits per heavy atom. The summed E-state index contributed by atoms with van der Waals surface area (Å²) in [5.41, 5.74) is 2.99. The molecule has 5 rings (SSSR count). The Labute approximate surface area is 184 Å². The van der Waals surface area contributed by atoms with E-state index in [1.165, 1.54) is 11.3 Å². The summed E-state index contributed by atoms with van der Waals surface area (Å²) in [6.07, 6.45) is 1.98. The maximum Gasteiger partial charge on any atom is 0.262 e. The summed E-state index contributed by atoms with van der Waals surface area (Å²) in [5.74, 6) is 0.628. The van der Waals surface area contributed by atoms with Gasteiger partial charge in [-0.25, -0.2) is 4.98 Å². The Bertz CT molecular complexity index is 1230. The summed E-state index contributed by atoms with van der Waals surface area (Å²) in [7, 11) is 1.63. The monoisotopic (exact) mass is 433 g/mol. The first kappa shape index (κ1) is 19.9. The van der Waals surface area contributed by atoms with Crippen molar-refractivity contribution in [3.8, 4) is 5.75 Å². The highest BCUT2D eigenvalue weighted by atomic mass is 32.1. The standard InChI is InChI=1S/C24H23N3O3S/c1-15-19(13-16-12-17(29-2)9-10-20(16)25-15)23(28)27(14-18-6-5-11-30-18)24-26-21-7-3-4-8-22(21)31-24/h3-4,7-10,12-13,18H,5-6,11,14H2,1-2H3/t18-/m0/s1. The fourth-order valence-electron chi connectivity index (χ4n) is 3.96. The van der Waals surface area contributed by atoms with E-state index in [1.807, 2.05) is 55.5 Å². The van der Waals surface area contributed by atoms with Crippen molar-refractivity contribution in [2.45, 2.75) is 25.9 Å². The van der Waals surface area contributed by atoms with E-state index in [-0.39, 0.29) is 12.0 Å². The highest BCUT2D eigenvalue weighted by molar-refractivity contribution is 7.22. The van der Waals surface area contributed by atoms with Gasteiger partial charge in [-0.15, -0.1) is 0 Å². The number of hydrogen-bond acceptors (Lipinski definition) is 6. The summed E-state index contributed by atoms with van der Waals surface area (Å²) in [5, 5.41) is 1.56. The number of aryl methyl sites for hydroxylation is 1. The molecule has 0 spiro atoms. The minimum absolute atomic E-state index is 0.0183. The van der Waals surface area contributed by atoms with Crippen molar-refractivity contribution in [3.63, 3.8) is 0 Å². The third-order valence-electron chi connectivity index (χ3n) is 5.61. The zero-order chi connectivity index (χ0) is 21.4. The SMILES string of the molecule is COc1ccc2nc(C)c(C(=O)N(C[C@@H]3CCCO3)c3nc4ccccc4s3)cc2c1. The largest absolute Gasteiger partial charge is 0.497 e. The van der Waals surface area contributed by atoms with Crippen molar-refractivity contribution in [1.29, 1.82) is 0 Å². The van der Waals surface area contributed by atoms with Crippen LogP contribution in [0.1, 0.15) is 28.9 Å². The van der Waals surface area contributed by atoms with E-state index in [0.29, 0.717) is 22.9 Å². The van der Waals surface area contributed by atoms with Gasteiger partial charge in [0.05, 0.1) is 46.7 Å². The molecule has 158 valence electrons. The van der Waals surface area contributed by atoms with Gasteiger partial charge in [-0.3, -0.25) is 14.7 Å². The second-order valence-electron chi connectivity index (χ2n) is 7.69. The zero-order valence-electron chi connectivity index (χ0n) is 17.5. The third-order valence-corrected chi connectivity index (χ3v) is 6.67. The first-order valence-electron chi connectivity index (χ1n) is 10.4. The maximum atomic E-state index is 13.8.